The zero-order valence-electron chi connectivity index (χ0n) is 14.2. The Labute approximate surface area is 141 Å². The molecular formula is C18H23NO5. The summed E-state index contributed by atoms with van der Waals surface area (Å²) in [5.41, 5.74) is -0.172. The average Bonchev–Trinajstić information content (AvgIpc) is 2.49. The maximum Gasteiger partial charge on any atom is 0.375 e. The standard InChI is InChI=1S/C18H23NO5/c1-5-9-14(16(20)17(21)24-18(2,3)4)15(12-19(22)23)13-10-7-6-8-11-13/h5-8,10-11,14-15H,1,9,12H2,2-4H3/t14-,15+/m0/s1. The largest absolute Gasteiger partial charge is 0.454 e. The van der Waals surface area contributed by atoms with Crippen LogP contribution in [0.2, 0.25) is 0 Å². The summed E-state index contributed by atoms with van der Waals surface area (Å²) in [6.07, 6.45) is 1.65. The Bertz CT molecular complexity index is 604. The van der Waals surface area contributed by atoms with Gasteiger partial charge in [-0.3, -0.25) is 14.9 Å². The van der Waals surface area contributed by atoms with Crippen LogP contribution in [0.4, 0.5) is 0 Å². The van der Waals surface area contributed by atoms with Gasteiger partial charge in [-0.15, -0.1) is 6.58 Å². The lowest BCUT2D eigenvalue weighted by molar-refractivity contribution is -0.484. The normalized spacial score (nSPS) is 13.6. The molecule has 1 aromatic rings. The van der Waals surface area contributed by atoms with Crippen molar-refractivity contribution < 1.29 is 19.2 Å². The van der Waals surface area contributed by atoms with E-state index >= 15 is 0 Å². The summed E-state index contributed by atoms with van der Waals surface area (Å²) >= 11 is 0. The van der Waals surface area contributed by atoms with E-state index in [0.717, 1.165) is 0 Å². The molecule has 0 unspecified atom stereocenters. The summed E-state index contributed by atoms with van der Waals surface area (Å²) in [4.78, 5) is 35.3. The number of hydrogen-bond donors (Lipinski definition) is 0. The minimum atomic E-state index is -0.973. The number of allylic oxidation sites excluding steroid dienone is 1. The Morgan fingerprint density at radius 2 is 1.88 bits per heavy atom. The Morgan fingerprint density at radius 3 is 2.33 bits per heavy atom. The van der Waals surface area contributed by atoms with Crippen LogP contribution in [0, 0.1) is 16.0 Å². The van der Waals surface area contributed by atoms with Crippen molar-refractivity contribution in [3.8, 4) is 0 Å². The van der Waals surface area contributed by atoms with E-state index in [1.54, 1.807) is 51.1 Å². The molecule has 0 N–H and O–H groups in total. The van der Waals surface area contributed by atoms with E-state index in [2.05, 4.69) is 6.58 Å². The highest BCUT2D eigenvalue weighted by atomic mass is 16.6. The minimum Gasteiger partial charge on any atom is -0.454 e. The third kappa shape index (κ3) is 5.95. The Morgan fingerprint density at radius 1 is 1.29 bits per heavy atom. The molecule has 0 aliphatic carbocycles. The van der Waals surface area contributed by atoms with Crippen molar-refractivity contribution in [1.29, 1.82) is 0 Å². The second kappa shape index (κ2) is 8.38. The molecule has 0 amide bonds. The molecule has 0 aliphatic heterocycles. The lowest BCUT2D eigenvalue weighted by Gasteiger charge is -2.24. The summed E-state index contributed by atoms with van der Waals surface area (Å²) in [5.74, 6) is -3.34. The lowest BCUT2D eigenvalue weighted by Crippen LogP contribution is -2.36. The number of rotatable bonds is 8. The first-order valence-electron chi connectivity index (χ1n) is 7.70. The van der Waals surface area contributed by atoms with Crippen LogP contribution < -0.4 is 0 Å². The number of Topliss-reactive ketones (excluding diaryl/α,β-unsaturated/α-hetero) is 1. The Balaban J connectivity index is 3.16. The number of nitrogens with zero attached hydrogens (tertiary/aromatic N) is 1. The van der Waals surface area contributed by atoms with Crippen molar-refractivity contribution in [3.05, 3.63) is 58.7 Å². The predicted octanol–water partition coefficient (Wildman–Crippen LogP) is 3.15. The molecule has 0 aliphatic rings. The molecule has 0 bridgehead atoms. The molecule has 6 heteroatoms. The van der Waals surface area contributed by atoms with Crippen molar-refractivity contribution in [2.24, 2.45) is 5.92 Å². The van der Waals surface area contributed by atoms with Gasteiger partial charge in [-0.2, -0.15) is 0 Å². The van der Waals surface area contributed by atoms with Crippen LogP contribution in [0.1, 0.15) is 38.7 Å². The monoisotopic (exact) mass is 333 g/mol. The quantitative estimate of drug-likeness (QED) is 0.240. The molecule has 0 fully saturated rings. The molecular weight excluding hydrogens is 310 g/mol. The van der Waals surface area contributed by atoms with Gasteiger partial charge in [-0.1, -0.05) is 36.4 Å². The van der Waals surface area contributed by atoms with E-state index in [1.807, 2.05) is 0 Å². The van der Waals surface area contributed by atoms with Crippen molar-refractivity contribution in [2.75, 3.05) is 6.54 Å². The van der Waals surface area contributed by atoms with Crippen LogP contribution in [0.3, 0.4) is 0 Å². The molecule has 0 spiro atoms. The summed E-state index contributed by atoms with van der Waals surface area (Å²) in [5, 5.41) is 11.1. The maximum absolute atomic E-state index is 12.6. The third-order valence-electron chi connectivity index (χ3n) is 3.42. The fourth-order valence-electron chi connectivity index (χ4n) is 2.44. The van der Waals surface area contributed by atoms with Crippen LogP contribution in [0.15, 0.2) is 43.0 Å². The molecule has 1 rings (SSSR count). The molecule has 24 heavy (non-hydrogen) atoms. The van der Waals surface area contributed by atoms with Crippen LogP contribution in [-0.2, 0) is 14.3 Å². The summed E-state index contributed by atoms with van der Waals surface area (Å²) in [6.45, 7) is 8.13. The predicted molar refractivity (Wildman–Crippen MR) is 90.2 cm³/mol. The summed E-state index contributed by atoms with van der Waals surface area (Å²) in [7, 11) is 0. The zero-order chi connectivity index (χ0) is 18.3. The molecule has 2 atom stereocenters. The van der Waals surface area contributed by atoms with E-state index in [4.69, 9.17) is 4.74 Å². The number of nitro groups is 1. The molecule has 0 aromatic heterocycles. The van der Waals surface area contributed by atoms with E-state index in [-0.39, 0.29) is 6.42 Å². The number of ether oxygens (including phenoxy) is 1. The van der Waals surface area contributed by atoms with Gasteiger partial charge in [0.25, 0.3) is 0 Å². The zero-order valence-corrected chi connectivity index (χ0v) is 14.2. The van der Waals surface area contributed by atoms with E-state index < -0.39 is 40.7 Å². The number of carbonyl (C=O) groups is 2. The third-order valence-corrected chi connectivity index (χ3v) is 3.42. The molecule has 0 radical (unpaired) electrons. The summed E-state index contributed by atoms with van der Waals surface area (Å²) in [6, 6.07) is 8.70. The highest BCUT2D eigenvalue weighted by Gasteiger charge is 2.37. The smallest absolute Gasteiger partial charge is 0.375 e. The molecule has 130 valence electrons. The van der Waals surface area contributed by atoms with Crippen molar-refractivity contribution in [2.45, 2.75) is 38.7 Å². The van der Waals surface area contributed by atoms with Gasteiger partial charge in [0.1, 0.15) is 5.60 Å². The van der Waals surface area contributed by atoms with Crippen molar-refractivity contribution in [3.63, 3.8) is 0 Å². The van der Waals surface area contributed by atoms with Crippen LogP contribution in [-0.4, -0.2) is 28.8 Å². The van der Waals surface area contributed by atoms with Crippen molar-refractivity contribution in [1.82, 2.24) is 0 Å². The van der Waals surface area contributed by atoms with Crippen LogP contribution in [0.5, 0.6) is 0 Å². The first-order valence-corrected chi connectivity index (χ1v) is 7.70. The second-order valence-electron chi connectivity index (χ2n) is 6.53. The van der Waals surface area contributed by atoms with Crippen LogP contribution >= 0.6 is 0 Å². The average molecular weight is 333 g/mol. The number of esters is 1. The van der Waals surface area contributed by atoms with E-state index in [9.17, 15) is 19.7 Å². The summed E-state index contributed by atoms with van der Waals surface area (Å²) < 4.78 is 5.13. The van der Waals surface area contributed by atoms with Crippen molar-refractivity contribution >= 4 is 11.8 Å². The number of ketones is 1. The van der Waals surface area contributed by atoms with Gasteiger partial charge < -0.3 is 4.74 Å². The first kappa shape index (κ1) is 19.5. The van der Waals surface area contributed by atoms with Gasteiger partial charge in [0.2, 0.25) is 12.3 Å². The van der Waals surface area contributed by atoms with Gasteiger partial charge in [0.05, 0.1) is 5.92 Å². The van der Waals surface area contributed by atoms with Crippen LogP contribution in [0.25, 0.3) is 0 Å². The SMILES string of the molecule is C=CC[C@H](C(=O)C(=O)OC(C)(C)C)[C@H](C[N+](=O)[O-])c1ccccc1. The highest BCUT2D eigenvalue weighted by molar-refractivity contribution is 6.34. The van der Waals surface area contributed by atoms with Gasteiger partial charge >= 0.3 is 5.97 Å². The van der Waals surface area contributed by atoms with Gasteiger partial charge in [0.15, 0.2) is 0 Å². The van der Waals surface area contributed by atoms with E-state index in [0.29, 0.717) is 5.56 Å². The lowest BCUT2D eigenvalue weighted by atomic mass is 9.81. The topological polar surface area (TPSA) is 86.5 Å². The van der Waals surface area contributed by atoms with Gasteiger partial charge in [-0.25, -0.2) is 4.79 Å². The minimum absolute atomic E-state index is 0.158. The first-order chi connectivity index (χ1) is 11.2. The molecule has 0 saturated heterocycles. The fourth-order valence-corrected chi connectivity index (χ4v) is 2.44. The number of carbonyl (C=O) groups excluding carboxylic acids is 2. The number of benzene rings is 1. The number of hydrogen-bond acceptors (Lipinski definition) is 5. The Kier molecular flexibility index (Phi) is 6.82. The second-order valence-corrected chi connectivity index (χ2v) is 6.53. The molecule has 0 saturated carbocycles. The maximum atomic E-state index is 12.6. The molecule has 0 heterocycles. The fraction of sp³-hybridized carbons (Fsp3) is 0.444. The highest BCUT2D eigenvalue weighted by Crippen LogP contribution is 2.29. The molecule has 6 nitrogen and oxygen atoms in total. The molecule has 1 aromatic carbocycles. The van der Waals surface area contributed by atoms with E-state index in [1.165, 1.54) is 6.08 Å². The Hall–Kier alpha value is -2.50. The van der Waals surface area contributed by atoms with Gasteiger partial charge in [-0.05, 0) is 32.8 Å². The van der Waals surface area contributed by atoms with Gasteiger partial charge in [0, 0.05) is 10.8 Å².